The van der Waals surface area contributed by atoms with E-state index in [2.05, 4.69) is 25.9 Å². The number of aryl methyl sites for hydroxylation is 1. The van der Waals surface area contributed by atoms with Crippen LogP contribution in [-0.2, 0) is 0 Å². The Kier molecular flexibility index (Phi) is 3.33. The Hall–Kier alpha value is -2.08. The molecule has 0 saturated carbocycles. The molecule has 106 valence electrons. The number of benzene rings is 1. The highest BCUT2D eigenvalue weighted by Gasteiger charge is 2.23. The number of nitrogens with one attached hydrogen (secondary N) is 1. The molecule has 3 rings (SSSR count). The molecule has 0 radical (unpaired) electrons. The van der Waals surface area contributed by atoms with Crippen molar-refractivity contribution in [2.45, 2.75) is 6.92 Å². The number of carbonyl (C=O) groups excluding carboxylic acids is 1. The highest BCUT2D eigenvalue weighted by molar-refractivity contribution is 9.10. The van der Waals surface area contributed by atoms with E-state index < -0.39 is 23.0 Å². The van der Waals surface area contributed by atoms with E-state index in [4.69, 9.17) is 0 Å². The first kappa shape index (κ1) is 13.9. The van der Waals surface area contributed by atoms with E-state index in [1.54, 1.807) is 12.3 Å². The third-order valence-corrected chi connectivity index (χ3v) is 3.69. The van der Waals surface area contributed by atoms with Crippen molar-refractivity contribution in [1.29, 1.82) is 0 Å². The van der Waals surface area contributed by atoms with E-state index in [0.717, 1.165) is 6.07 Å². The smallest absolute Gasteiger partial charge is 0.201 e. The molecular formula is C15H9BrF2N2O. The summed E-state index contributed by atoms with van der Waals surface area (Å²) in [4.78, 5) is 19.4. The molecule has 1 N–H and O–H groups in total. The topological polar surface area (TPSA) is 45.8 Å². The number of aromatic nitrogens is 2. The number of aromatic amines is 1. The lowest BCUT2D eigenvalue weighted by atomic mass is 10.0. The van der Waals surface area contributed by atoms with Crippen LogP contribution in [0.5, 0.6) is 0 Å². The largest absolute Gasteiger partial charge is 0.345 e. The zero-order chi connectivity index (χ0) is 15.1. The van der Waals surface area contributed by atoms with Gasteiger partial charge in [-0.25, -0.2) is 13.8 Å². The van der Waals surface area contributed by atoms with Gasteiger partial charge in [0.15, 0.2) is 0 Å². The maximum absolute atomic E-state index is 14.1. The highest BCUT2D eigenvalue weighted by atomic mass is 79.9. The molecule has 0 fully saturated rings. The van der Waals surface area contributed by atoms with Gasteiger partial charge in [-0.3, -0.25) is 4.79 Å². The number of nitrogens with zero attached hydrogens (tertiary/aromatic N) is 1. The molecule has 2 heterocycles. The van der Waals surface area contributed by atoms with E-state index in [-0.39, 0.29) is 11.1 Å². The summed E-state index contributed by atoms with van der Waals surface area (Å²) in [5, 5.41) is 0.509. The van der Waals surface area contributed by atoms with Gasteiger partial charge in [-0.1, -0.05) is 6.07 Å². The van der Waals surface area contributed by atoms with Crippen LogP contribution in [0.1, 0.15) is 21.5 Å². The molecule has 0 saturated heterocycles. The number of ketones is 1. The van der Waals surface area contributed by atoms with Crippen LogP contribution in [-0.4, -0.2) is 15.8 Å². The van der Waals surface area contributed by atoms with Crippen molar-refractivity contribution >= 4 is 32.7 Å². The Morgan fingerprint density at radius 2 is 2.10 bits per heavy atom. The fourth-order valence-electron chi connectivity index (χ4n) is 2.17. The van der Waals surface area contributed by atoms with Gasteiger partial charge in [0.25, 0.3) is 0 Å². The van der Waals surface area contributed by atoms with E-state index in [9.17, 15) is 13.6 Å². The van der Waals surface area contributed by atoms with Gasteiger partial charge in [0.1, 0.15) is 17.3 Å². The molecule has 1 aromatic carbocycles. The standard InChI is InChI=1S/C15H9BrF2N2O/c1-7-2-3-11(17)12(13(7)18)14(21)10-6-20-15-9(10)4-8(16)5-19-15/h2-6H,1H3,(H,19,20). The Morgan fingerprint density at radius 3 is 2.86 bits per heavy atom. The molecule has 0 unspecified atom stereocenters. The number of hydrogen-bond acceptors (Lipinski definition) is 2. The van der Waals surface area contributed by atoms with Gasteiger partial charge in [-0.05, 0) is 40.5 Å². The summed E-state index contributed by atoms with van der Waals surface area (Å²) in [5.74, 6) is -2.42. The summed E-state index contributed by atoms with van der Waals surface area (Å²) in [6, 6.07) is 4.07. The summed E-state index contributed by atoms with van der Waals surface area (Å²) < 4.78 is 28.6. The van der Waals surface area contributed by atoms with Crippen LogP contribution in [0.25, 0.3) is 11.0 Å². The molecule has 0 aliphatic heterocycles. The average molecular weight is 351 g/mol. The quantitative estimate of drug-likeness (QED) is 0.706. The second kappa shape index (κ2) is 5.04. The molecule has 21 heavy (non-hydrogen) atoms. The summed E-state index contributed by atoms with van der Waals surface area (Å²) in [6.07, 6.45) is 2.98. The van der Waals surface area contributed by atoms with E-state index in [0.29, 0.717) is 15.5 Å². The minimum atomic E-state index is -0.875. The minimum Gasteiger partial charge on any atom is -0.345 e. The summed E-state index contributed by atoms with van der Waals surface area (Å²) in [7, 11) is 0. The molecule has 0 atom stereocenters. The van der Waals surface area contributed by atoms with E-state index >= 15 is 0 Å². The highest BCUT2D eigenvalue weighted by Crippen LogP contribution is 2.26. The molecule has 0 amide bonds. The number of pyridine rings is 1. The minimum absolute atomic E-state index is 0.183. The lowest BCUT2D eigenvalue weighted by molar-refractivity contribution is 0.103. The van der Waals surface area contributed by atoms with Crippen LogP contribution < -0.4 is 0 Å². The SMILES string of the molecule is Cc1ccc(F)c(C(=O)c2c[nH]c3ncc(Br)cc23)c1F. The predicted octanol–water partition coefficient (Wildman–Crippen LogP) is 4.14. The van der Waals surface area contributed by atoms with Crippen molar-refractivity contribution in [3.63, 3.8) is 0 Å². The van der Waals surface area contributed by atoms with Crippen molar-refractivity contribution in [3.05, 3.63) is 63.4 Å². The molecular weight excluding hydrogens is 342 g/mol. The Morgan fingerprint density at radius 1 is 1.33 bits per heavy atom. The zero-order valence-corrected chi connectivity index (χ0v) is 12.5. The number of hydrogen-bond donors (Lipinski definition) is 1. The van der Waals surface area contributed by atoms with E-state index in [1.807, 2.05) is 0 Å². The van der Waals surface area contributed by atoms with E-state index in [1.165, 1.54) is 19.2 Å². The second-order valence-electron chi connectivity index (χ2n) is 4.63. The fraction of sp³-hybridized carbons (Fsp3) is 0.0667. The maximum atomic E-state index is 14.1. The van der Waals surface area contributed by atoms with Gasteiger partial charge in [0, 0.05) is 27.8 Å². The van der Waals surface area contributed by atoms with Crippen LogP contribution in [0.2, 0.25) is 0 Å². The van der Waals surface area contributed by atoms with Gasteiger partial charge in [-0.2, -0.15) is 0 Å². The summed E-state index contributed by atoms with van der Waals surface area (Å²) >= 11 is 3.26. The van der Waals surface area contributed by atoms with Gasteiger partial charge in [-0.15, -0.1) is 0 Å². The molecule has 3 nitrogen and oxygen atoms in total. The van der Waals surface area contributed by atoms with Crippen LogP contribution in [0.3, 0.4) is 0 Å². The molecule has 6 heteroatoms. The van der Waals surface area contributed by atoms with Crippen molar-refractivity contribution in [3.8, 4) is 0 Å². The monoisotopic (exact) mass is 350 g/mol. The van der Waals surface area contributed by atoms with Crippen LogP contribution in [0.15, 0.2) is 35.1 Å². The third-order valence-electron chi connectivity index (χ3n) is 3.25. The molecule has 2 aromatic heterocycles. The normalized spacial score (nSPS) is 11.0. The summed E-state index contributed by atoms with van der Waals surface area (Å²) in [5.41, 5.74) is 0.340. The van der Waals surface area contributed by atoms with Crippen LogP contribution >= 0.6 is 15.9 Å². The lowest BCUT2D eigenvalue weighted by Crippen LogP contribution is -2.08. The van der Waals surface area contributed by atoms with Gasteiger partial charge in [0.2, 0.25) is 5.78 Å². The fourth-order valence-corrected chi connectivity index (χ4v) is 2.50. The third kappa shape index (κ3) is 2.25. The maximum Gasteiger partial charge on any atom is 0.201 e. The lowest BCUT2D eigenvalue weighted by Gasteiger charge is -2.06. The average Bonchev–Trinajstić information content (AvgIpc) is 2.86. The van der Waals surface area contributed by atoms with Crippen molar-refractivity contribution in [1.82, 2.24) is 9.97 Å². The van der Waals surface area contributed by atoms with Gasteiger partial charge < -0.3 is 4.98 Å². The number of carbonyl (C=O) groups is 1. The predicted molar refractivity (Wildman–Crippen MR) is 78.3 cm³/mol. The number of H-pyrrole nitrogens is 1. The Balaban J connectivity index is 2.22. The molecule has 0 spiro atoms. The molecule has 0 aliphatic carbocycles. The van der Waals surface area contributed by atoms with Crippen molar-refractivity contribution in [2.75, 3.05) is 0 Å². The Labute approximate surface area is 127 Å². The second-order valence-corrected chi connectivity index (χ2v) is 5.55. The molecule has 0 bridgehead atoms. The van der Waals surface area contributed by atoms with Crippen molar-refractivity contribution < 1.29 is 13.6 Å². The molecule has 0 aliphatic rings. The van der Waals surface area contributed by atoms with Crippen molar-refractivity contribution in [2.24, 2.45) is 0 Å². The molecule has 3 aromatic rings. The number of rotatable bonds is 2. The number of halogens is 3. The van der Waals surface area contributed by atoms with Crippen LogP contribution in [0.4, 0.5) is 8.78 Å². The van der Waals surface area contributed by atoms with Gasteiger partial charge in [0.05, 0.1) is 5.56 Å². The number of fused-ring (bicyclic) bond motifs is 1. The first-order valence-electron chi connectivity index (χ1n) is 6.11. The summed E-state index contributed by atoms with van der Waals surface area (Å²) in [6.45, 7) is 1.49. The Bertz CT molecular complexity index is 873. The zero-order valence-electron chi connectivity index (χ0n) is 10.9. The first-order chi connectivity index (χ1) is 9.99. The first-order valence-corrected chi connectivity index (χ1v) is 6.90. The van der Waals surface area contributed by atoms with Gasteiger partial charge >= 0.3 is 0 Å². The van der Waals surface area contributed by atoms with Crippen LogP contribution in [0, 0.1) is 18.6 Å².